The number of carbonyl (C=O) groups is 2. The van der Waals surface area contributed by atoms with Crippen molar-refractivity contribution in [2.75, 3.05) is 12.4 Å². The molecule has 0 radical (unpaired) electrons. The zero-order valence-electron chi connectivity index (χ0n) is 18.5. The zero-order valence-corrected chi connectivity index (χ0v) is 19.3. The van der Waals surface area contributed by atoms with E-state index in [0.717, 1.165) is 6.07 Å². The highest BCUT2D eigenvalue weighted by molar-refractivity contribution is 6.33. The van der Waals surface area contributed by atoms with Crippen LogP contribution in [0.1, 0.15) is 17.3 Å². The molecule has 2 heterocycles. The van der Waals surface area contributed by atoms with E-state index in [1.807, 2.05) is 0 Å². The largest absolute Gasteiger partial charge is 0.481 e. The third-order valence-corrected chi connectivity index (χ3v) is 5.36. The molecule has 10 heteroatoms. The fraction of sp³-hybridized carbons (Fsp3) is 0.120. The van der Waals surface area contributed by atoms with Crippen LogP contribution in [0.25, 0.3) is 22.1 Å². The summed E-state index contributed by atoms with van der Waals surface area (Å²) in [5.74, 6) is -1.17. The summed E-state index contributed by atoms with van der Waals surface area (Å²) in [5.41, 5.74) is 0.732. The molecule has 35 heavy (non-hydrogen) atoms. The lowest BCUT2D eigenvalue weighted by Crippen LogP contribution is -2.30. The molecule has 0 unspecified atom stereocenters. The number of ether oxygens (including phenoxy) is 2. The predicted molar refractivity (Wildman–Crippen MR) is 127 cm³/mol. The van der Waals surface area contributed by atoms with E-state index in [1.165, 1.54) is 56.6 Å². The van der Waals surface area contributed by atoms with E-state index >= 15 is 0 Å². The average molecular weight is 497 g/mol. The Bertz CT molecular complexity index is 1500. The summed E-state index contributed by atoms with van der Waals surface area (Å²) >= 11 is 6.18. The highest BCUT2D eigenvalue weighted by Gasteiger charge is 2.18. The Hall–Kier alpha value is -4.24. The van der Waals surface area contributed by atoms with Crippen molar-refractivity contribution < 1.29 is 27.9 Å². The molecule has 0 fully saturated rings. The van der Waals surface area contributed by atoms with Crippen molar-refractivity contribution in [2.45, 2.75) is 13.0 Å². The van der Waals surface area contributed by atoms with Gasteiger partial charge in [-0.05, 0) is 49.4 Å². The molecule has 0 aliphatic rings. The number of benzene rings is 2. The van der Waals surface area contributed by atoms with Crippen LogP contribution in [-0.4, -0.2) is 30.1 Å². The molecule has 178 valence electrons. The summed E-state index contributed by atoms with van der Waals surface area (Å²) < 4.78 is 29.1. The van der Waals surface area contributed by atoms with E-state index in [4.69, 9.17) is 20.8 Å². The van der Waals surface area contributed by atoms with Gasteiger partial charge in [-0.2, -0.15) is 0 Å². The minimum atomic E-state index is -0.961. The molecule has 1 N–H and O–H groups in total. The third-order valence-electron chi connectivity index (χ3n) is 5.05. The fourth-order valence-corrected chi connectivity index (χ4v) is 3.65. The monoisotopic (exact) mass is 496 g/mol. The van der Waals surface area contributed by atoms with Gasteiger partial charge in [-0.1, -0.05) is 11.6 Å². The molecular weight excluding hydrogens is 479 g/mol. The van der Waals surface area contributed by atoms with Gasteiger partial charge in [-0.15, -0.1) is 0 Å². The number of carbonyl (C=O) groups excluding carboxylic acids is 2. The maximum Gasteiger partial charge on any atom is 0.338 e. The number of pyridine rings is 1. The number of nitrogens with one attached hydrogen (secondary N) is 1. The summed E-state index contributed by atoms with van der Waals surface area (Å²) in [6.07, 6.45) is 0.404. The first-order valence-electron chi connectivity index (χ1n) is 10.3. The van der Waals surface area contributed by atoms with Gasteiger partial charge >= 0.3 is 11.6 Å². The highest BCUT2D eigenvalue weighted by atomic mass is 35.5. The molecule has 0 bridgehead atoms. The first kappa shape index (κ1) is 23.9. The van der Waals surface area contributed by atoms with Crippen molar-refractivity contribution >= 4 is 40.3 Å². The molecule has 4 aromatic rings. The van der Waals surface area contributed by atoms with Gasteiger partial charge in [0.25, 0.3) is 5.91 Å². The number of hydrogen-bond acceptors (Lipinski definition) is 7. The number of esters is 1. The number of aromatic nitrogens is 1. The van der Waals surface area contributed by atoms with Gasteiger partial charge in [-0.3, -0.25) is 4.79 Å². The van der Waals surface area contributed by atoms with Gasteiger partial charge in [0.15, 0.2) is 6.10 Å². The number of anilines is 1. The lowest BCUT2D eigenvalue weighted by atomic mass is 10.0. The number of methoxy groups -OCH3 is 1. The van der Waals surface area contributed by atoms with Crippen molar-refractivity contribution in [1.82, 2.24) is 4.98 Å². The van der Waals surface area contributed by atoms with Gasteiger partial charge in [-0.25, -0.2) is 19.0 Å². The third kappa shape index (κ3) is 5.30. The molecule has 1 atom stereocenters. The first-order valence-corrected chi connectivity index (χ1v) is 10.7. The SMILES string of the molecule is COC(=O)c1ccnc(NC(=O)[C@@H](C)Oc2ccc3c(-c4ccc(F)cc4Cl)cc(=O)oc3c2)c1. The quantitative estimate of drug-likeness (QED) is 0.300. The standard InChI is InChI=1S/C25H18ClFN2O6/c1-13(24(31)29-22-9-14(7-8-28-22)25(32)33-2)34-16-4-6-18-19(12-23(30)35-21(18)11-16)17-5-3-15(27)10-20(17)26/h3-13H,1-2H3,(H,28,29,31)/t13-/m1/s1. The van der Waals surface area contributed by atoms with Gasteiger partial charge in [0.05, 0.1) is 17.7 Å². The Morgan fingerprint density at radius 2 is 1.89 bits per heavy atom. The lowest BCUT2D eigenvalue weighted by Gasteiger charge is -2.15. The van der Waals surface area contributed by atoms with Crippen LogP contribution in [0.2, 0.25) is 5.02 Å². The number of hydrogen-bond donors (Lipinski definition) is 1. The molecule has 2 aromatic heterocycles. The molecule has 0 saturated carbocycles. The number of amides is 1. The number of halogens is 2. The molecule has 0 aliphatic heterocycles. The summed E-state index contributed by atoms with van der Waals surface area (Å²) in [7, 11) is 1.25. The van der Waals surface area contributed by atoms with Crippen molar-refractivity contribution in [1.29, 1.82) is 0 Å². The number of rotatable bonds is 6. The summed E-state index contributed by atoms with van der Waals surface area (Å²) in [5, 5.41) is 3.26. The van der Waals surface area contributed by atoms with E-state index < -0.39 is 29.4 Å². The van der Waals surface area contributed by atoms with Gasteiger partial charge in [0.1, 0.15) is 23.0 Å². The van der Waals surface area contributed by atoms with E-state index in [9.17, 15) is 18.8 Å². The Balaban J connectivity index is 1.56. The topological polar surface area (TPSA) is 108 Å². The molecule has 0 aliphatic carbocycles. The second-order valence-corrected chi connectivity index (χ2v) is 7.84. The number of nitrogens with zero attached hydrogens (tertiary/aromatic N) is 1. The van der Waals surface area contributed by atoms with Crippen LogP contribution in [0.4, 0.5) is 10.2 Å². The minimum Gasteiger partial charge on any atom is -0.481 e. The average Bonchev–Trinajstić information content (AvgIpc) is 2.83. The van der Waals surface area contributed by atoms with Crippen LogP contribution >= 0.6 is 11.6 Å². The molecule has 0 saturated heterocycles. The van der Waals surface area contributed by atoms with Gasteiger partial charge < -0.3 is 19.2 Å². The second-order valence-electron chi connectivity index (χ2n) is 7.43. The fourth-order valence-electron chi connectivity index (χ4n) is 3.38. The first-order chi connectivity index (χ1) is 16.7. The zero-order chi connectivity index (χ0) is 25.1. The molecule has 1 amide bonds. The summed E-state index contributed by atoms with van der Waals surface area (Å²) in [4.78, 5) is 40.4. The molecular formula is C25H18ClFN2O6. The second kappa shape index (κ2) is 9.94. The summed E-state index contributed by atoms with van der Waals surface area (Å²) in [6.45, 7) is 1.52. The molecule has 4 rings (SSSR count). The van der Waals surface area contributed by atoms with Crippen LogP contribution in [0.5, 0.6) is 5.75 Å². The van der Waals surface area contributed by atoms with Crippen molar-refractivity contribution in [3.63, 3.8) is 0 Å². The Morgan fingerprint density at radius 1 is 1.09 bits per heavy atom. The van der Waals surface area contributed by atoms with Crippen molar-refractivity contribution in [2.24, 2.45) is 0 Å². The number of fused-ring (bicyclic) bond motifs is 1. The van der Waals surface area contributed by atoms with Crippen LogP contribution in [-0.2, 0) is 9.53 Å². The maximum atomic E-state index is 13.5. The molecule has 2 aromatic carbocycles. The van der Waals surface area contributed by atoms with Crippen LogP contribution < -0.4 is 15.7 Å². The minimum absolute atomic E-state index is 0.146. The summed E-state index contributed by atoms with van der Waals surface area (Å²) in [6, 6.07) is 12.7. The Kier molecular flexibility index (Phi) is 6.79. The van der Waals surface area contributed by atoms with E-state index in [2.05, 4.69) is 15.0 Å². The molecule has 8 nitrogen and oxygen atoms in total. The molecule has 0 spiro atoms. The van der Waals surface area contributed by atoms with Gasteiger partial charge in [0.2, 0.25) is 0 Å². The van der Waals surface area contributed by atoms with E-state index in [1.54, 1.807) is 12.1 Å². The van der Waals surface area contributed by atoms with Crippen molar-refractivity contribution in [3.05, 3.63) is 87.6 Å². The van der Waals surface area contributed by atoms with Crippen LogP contribution in [0.3, 0.4) is 0 Å². The van der Waals surface area contributed by atoms with Crippen LogP contribution in [0.15, 0.2) is 70.0 Å². The smallest absolute Gasteiger partial charge is 0.338 e. The van der Waals surface area contributed by atoms with Gasteiger partial charge in [0, 0.05) is 34.8 Å². The lowest BCUT2D eigenvalue weighted by molar-refractivity contribution is -0.122. The van der Waals surface area contributed by atoms with E-state index in [-0.39, 0.29) is 27.7 Å². The van der Waals surface area contributed by atoms with E-state index in [0.29, 0.717) is 16.5 Å². The van der Waals surface area contributed by atoms with Crippen molar-refractivity contribution in [3.8, 4) is 16.9 Å². The Morgan fingerprint density at radius 3 is 2.63 bits per heavy atom. The van der Waals surface area contributed by atoms with Crippen LogP contribution in [0, 0.1) is 5.82 Å². The highest BCUT2D eigenvalue weighted by Crippen LogP contribution is 2.34. The predicted octanol–water partition coefficient (Wildman–Crippen LogP) is 4.84. The normalized spacial score (nSPS) is 11.7. The Labute approximate surface area is 203 Å². The maximum absolute atomic E-state index is 13.5.